The van der Waals surface area contributed by atoms with E-state index in [2.05, 4.69) is 0 Å². The first-order valence-corrected chi connectivity index (χ1v) is 13.6. The number of ether oxygens (including phenoxy) is 3. The number of rotatable bonds is 2. The lowest BCUT2D eigenvalue weighted by atomic mass is 9.55. The first-order chi connectivity index (χ1) is 19.9. The molecular formula is C31H26O11. The molecule has 8 rings (SSSR count). The molecule has 216 valence electrons. The highest BCUT2D eigenvalue weighted by molar-refractivity contribution is 6.18. The molecule has 0 radical (unpaired) electrons. The Morgan fingerprint density at radius 1 is 1.07 bits per heavy atom. The summed E-state index contributed by atoms with van der Waals surface area (Å²) in [5.41, 5.74) is -4.85. The summed E-state index contributed by atoms with van der Waals surface area (Å²) in [6.45, 7) is 1.69. The van der Waals surface area contributed by atoms with E-state index in [0.29, 0.717) is 11.1 Å². The van der Waals surface area contributed by atoms with Crippen LogP contribution in [0.25, 0.3) is 0 Å². The quantitative estimate of drug-likeness (QED) is 0.271. The highest BCUT2D eigenvalue weighted by atomic mass is 16.6. The largest absolute Gasteiger partial charge is 0.507 e. The number of aromatic hydroxyl groups is 1. The fourth-order valence-electron chi connectivity index (χ4n) is 7.50. The van der Waals surface area contributed by atoms with Crippen molar-refractivity contribution >= 4 is 29.3 Å². The summed E-state index contributed by atoms with van der Waals surface area (Å²) in [6, 6.07) is 5.69. The van der Waals surface area contributed by atoms with E-state index in [0.717, 1.165) is 7.11 Å². The summed E-state index contributed by atoms with van der Waals surface area (Å²) >= 11 is 0. The third kappa shape index (κ3) is 3.15. The second-order valence-electron chi connectivity index (χ2n) is 11.8. The first-order valence-electron chi connectivity index (χ1n) is 13.6. The predicted molar refractivity (Wildman–Crippen MR) is 140 cm³/mol. The van der Waals surface area contributed by atoms with Gasteiger partial charge in [-0.1, -0.05) is 12.1 Å². The van der Waals surface area contributed by atoms with E-state index in [9.17, 15) is 39.3 Å². The molecule has 11 nitrogen and oxygen atoms in total. The van der Waals surface area contributed by atoms with Crippen LogP contribution in [0.3, 0.4) is 0 Å². The summed E-state index contributed by atoms with van der Waals surface area (Å²) in [6.07, 6.45) is -0.243. The topological polar surface area (TPSA) is 174 Å². The molecule has 2 aromatic rings. The van der Waals surface area contributed by atoms with Crippen molar-refractivity contribution in [3.05, 3.63) is 69.8 Å². The lowest BCUT2D eigenvalue weighted by Gasteiger charge is -2.47. The second kappa shape index (κ2) is 8.36. The van der Waals surface area contributed by atoms with Crippen molar-refractivity contribution < 1.29 is 53.5 Å². The molecule has 4 aliphatic carbocycles. The number of hydrogen-bond acceptors (Lipinski definition) is 11. The Bertz CT molecular complexity index is 1700. The lowest BCUT2D eigenvalue weighted by molar-refractivity contribution is -0.175. The van der Waals surface area contributed by atoms with Crippen molar-refractivity contribution in [3.63, 3.8) is 0 Å². The molecule has 2 aromatic carbocycles. The fourth-order valence-corrected chi connectivity index (χ4v) is 7.50. The van der Waals surface area contributed by atoms with Gasteiger partial charge in [0.25, 0.3) is 0 Å². The number of Topliss-reactive ketones (excluding diaryl/α,β-unsaturated/α-hetero) is 3. The molecule has 6 unspecified atom stereocenters. The molecule has 3 N–H and O–H groups in total. The van der Waals surface area contributed by atoms with Gasteiger partial charge in [0.2, 0.25) is 5.60 Å². The fraction of sp³-hybridized carbons (Fsp3) is 0.387. The number of cyclic esters (lactones) is 1. The Hall–Kier alpha value is -4.35. The molecule has 1 fully saturated rings. The van der Waals surface area contributed by atoms with Crippen molar-refractivity contribution in [3.8, 4) is 11.5 Å². The van der Waals surface area contributed by atoms with E-state index in [-0.39, 0.29) is 53.0 Å². The Labute approximate surface area is 238 Å². The Kier molecular flexibility index (Phi) is 5.28. The molecule has 11 heteroatoms. The molecule has 6 aliphatic rings. The van der Waals surface area contributed by atoms with E-state index in [1.165, 1.54) is 30.4 Å². The number of carbonyl (C=O) groups excluding carboxylic acids is 5. The van der Waals surface area contributed by atoms with Gasteiger partial charge in [-0.2, -0.15) is 0 Å². The molecule has 0 saturated carbocycles. The molecule has 1 spiro atoms. The van der Waals surface area contributed by atoms with E-state index >= 15 is 0 Å². The van der Waals surface area contributed by atoms with Gasteiger partial charge in [0.1, 0.15) is 11.5 Å². The van der Waals surface area contributed by atoms with Gasteiger partial charge in [0.15, 0.2) is 29.1 Å². The van der Waals surface area contributed by atoms with E-state index < -0.39 is 70.5 Å². The third-order valence-corrected chi connectivity index (χ3v) is 9.48. The number of methoxy groups -OCH3 is 1. The van der Waals surface area contributed by atoms with Crippen LogP contribution in [0.1, 0.15) is 68.3 Å². The standard InChI is InChI=1S/C31H26O11/c1-13-7-16-23(18(32)8-13)25(35)24-27(37)30(39)6-5-29(24,26(16)36)11-14-9-20-15(10-17(14)30)19(33)12-31(42-20,28(38)40-2)21-3-4-22(34)41-21/h5-10,21,24,26,32,36,39H,3-4,11-12H2,1-2H3. The van der Waals surface area contributed by atoms with Gasteiger partial charge in [-0.15, -0.1) is 0 Å². The number of esters is 2. The number of ketones is 3. The summed E-state index contributed by atoms with van der Waals surface area (Å²) in [5, 5.41) is 34.2. The van der Waals surface area contributed by atoms with Gasteiger partial charge in [-0.05, 0) is 66.3 Å². The zero-order valence-electron chi connectivity index (χ0n) is 22.6. The van der Waals surface area contributed by atoms with E-state index in [1.807, 2.05) is 0 Å². The summed E-state index contributed by atoms with van der Waals surface area (Å²) in [4.78, 5) is 66.4. The van der Waals surface area contributed by atoms with Crippen LogP contribution >= 0.6 is 0 Å². The number of hydrogen-bond donors (Lipinski definition) is 3. The van der Waals surface area contributed by atoms with Crippen molar-refractivity contribution in [2.24, 2.45) is 11.3 Å². The highest BCUT2D eigenvalue weighted by Crippen LogP contribution is 2.60. The minimum atomic E-state index is -2.32. The molecule has 0 aromatic heterocycles. The van der Waals surface area contributed by atoms with Crippen LogP contribution in [0, 0.1) is 18.3 Å². The highest BCUT2D eigenvalue weighted by Gasteiger charge is 2.65. The molecule has 0 amide bonds. The van der Waals surface area contributed by atoms with E-state index in [1.54, 1.807) is 13.0 Å². The molecule has 1 saturated heterocycles. The van der Waals surface area contributed by atoms with Crippen LogP contribution in [-0.2, 0) is 35.9 Å². The van der Waals surface area contributed by atoms with Crippen LogP contribution in [0.4, 0.5) is 0 Å². The van der Waals surface area contributed by atoms with Gasteiger partial charge < -0.3 is 29.5 Å². The van der Waals surface area contributed by atoms with Gasteiger partial charge in [0, 0.05) is 11.8 Å². The minimum Gasteiger partial charge on any atom is -0.507 e. The smallest absolute Gasteiger partial charge is 0.354 e. The number of aryl methyl sites for hydroxylation is 1. The SMILES string of the molecule is COC(=O)C1(C2CCC(=O)O2)CC(=O)c2cc3c(cc2O1)CC12C=CC3(O)C(=O)C1C(=O)c1c(O)cc(C)cc1C2O. The Balaban J connectivity index is 1.41. The molecule has 2 aliphatic heterocycles. The van der Waals surface area contributed by atoms with Crippen LogP contribution in [0.15, 0.2) is 36.4 Å². The summed E-state index contributed by atoms with van der Waals surface area (Å²) in [5.74, 6) is -5.56. The van der Waals surface area contributed by atoms with Crippen LogP contribution in [-0.4, -0.2) is 63.4 Å². The zero-order chi connectivity index (χ0) is 29.9. The average Bonchev–Trinajstić information content (AvgIpc) is 3.31. The number of benzene rings is 2. The normalized spacial score (nSPS) is 34.0. The number of phenolic OH excluding ortho intramolecular Hbond substituents is 1. The van der Waals surface area contributed by atoms with E-state index in [4.69, 9.17) is 14.2 Å². The third-order valence-electron chi connectivity index (χ3n) is 9.48. The summed E-state index contributed by atoms with van der Waals surface area (Å²) in [7, 11) is 1.13. The van der Waals surface area contributed by atoms with Gasteiger partial charge >= 0.3 is 11.9 Å². The second-order valence-corrected chi connectivity index (χ2v) is 11.8. The predicted octanol–water partition coefficient (Wildman–Crippen LogP) is 1.70. The molecular weight excluding hydrogens is 548 g/mol. The monoisotopic (exact) mass is 574 g/mol. The van der Waals surface area contributed by atoms with Crippen LogP contribution in [0.2, 0.25) is 0 Å². The number of fused-ring (bicyclic) bond motifs is 2. The van der Waals surface area contributed by atoms with Gasteiger partial charge in [0.05, 0.1) is 36.7 Å². The van der Waals surface area contributed by atoms with Gasteiger partial charge in [-0.25, -0.2) is 4.79 Å². The number of carbonyl (C=O) groups is 5. The van der Waals surface area contributed by atoms with Crippen LogP contribution < -0.4 is 4.74 Å². The first kappa shape index (κ1) is 26.5. The molecule has 6 atom stereocenters. The van der Waals surface area contributed by atoms with Crippen LogP contribution in [0.5, 0.6) is 11.5 Å². The Morgan fingerprint density at radius 2 is 1.83 bits per heavy atom. The summed E-state index contributed by atoms with van der Waals surface area (Å²) < 4.78 is 16.5. The van der Waals surface area contributed by atoms with Crippen molar-refractivity contribution in [2.45, 2.75) is 56.0 Å². The lowest BCUT2D eigenvalue weighted by Crippen LogP contribution is -2.58. The average molecular weight is 575 g/mol. The number of phenols is 1. The van der Waals surface area contributed by atoms with Crippen molar-refractivity contribution in [1.82, 2.24) is 0 Å². The maximum absolute atomic E-state index is 14.0. The van der Waals surface area contributed by atoms with Gasteiger partial charge in [-0.3, -0.25) is 19.2 Å². The maximum atomic E-state index is 14.0. The van der Waals surface area contributed by atoms with Crippen molar-refractivity contribution in [1.29, 1.82) is 0 Å². The Morgan fingerprint density at radius 3 is 2.52 bits per heavy atom. The van der Waals surface area contributed by atoms with Crippen molar-refractivity contribution in [2.75, 3.05) is 7.11 Å². The molecule has 42 heavy (non-hydrogen) atoms. The number of aliphatic hydroxyl groups is 2. The molecule has 2 heterocycles. The minimum absolute atomic E-state index is 0.0125. The maximum Gasteiger partial charge on any atom is 0.354 e. The zero-order valence-corrected chi connectivity index (χ0v) is 22.6. The number of aliphatic hydroxyl groups excluding tert-OH is 1. The molecule has 2 bridgehead atoms.